The standard InChI is InChI=1S/C8H11FN2.BrH/c1-11-5-6-7(9)3-2-4-8(6)10;/h2-4,11H,5,10H2,1H3;1H. The molecule has 0 saturated heterocycles. The van der Waals surface area contributed by atoms with E-state index in [1.54, 1.807) is 19.2 Å². The molecule has 0 amide bonds. The van der Waals surface area contributed by atoms with Crippen molar-refractivity contribution in [2.75, 3.05) is 12.8 Å². The van der Waals surface area contributed by atoms with Crippen LogP contribution in [0.4, 0.5) is 10.1 Å². The molecular formula is C8H12BrFN2. The van der Waals surface area contributed by atoms with E-state index in [0.29, 0.717) is 17.8 Å². The summed E-state index contributed by atoms with van der Waals surface area (Å²) < 4.78 is 12.9. The molecule has 0 radical (unpaired) electrons. The van der Waals surface area contributed by atoms with Crippen LogP contribution in [0.25, 0.3) is 0 Å². The molecule has 1 rings (SSSR count). The van der Waals surface area contributed by atoms with Gasteiger partial charge in [0.2, 0.25) is 0 Å². The highest BCUT2D eigenvalue weighted by Gasteiger charge is 2.02. The van der Waals surface area contributed by atoms with E-state index in [-0.39, 0.29) is 22.8 Å². The molecule has 0 aliphatic rings. The molecule has 0 aliphatic carbocycles. The third-order valence-corrected chi connectivity index (χ3v) is 1.51. The maximum Gasteiger partial charge on any atom is 0.129 e. The fourth-order valence-electron chi connectivity index (χ4n) is 0.939. The third kappa shape index (κ3) is 2.46. The first-order valence-corrected chi connectivity index (χ1v) is 3.43. The van der Waals surface area contributed by atoms with Crippen LogP contribution in [-0.2, 0) is 6.54 Å². The molecule has 2 nitrogen and oxygen atoms in total. The first-order chi connectivity index (χ1) is 5.25. The molecule has 0 fully saturated rings. The summed E-state index contributed by atoms with van der Waals surface area (Å²) in [6.07, 6.45) is 0. The van der Waals surface area contributed by atoms with Gasteiger partial charge in [-0.3, -0.25) is 0 Å². The van der Waals surface area contributed by atoms with Crippen LogP contribution in [0, 0.1) is 5.82 Å². The van der Waals surface area contributed by atoms with Crippen LogP contribution in [0.15, 0.2) is 18.2 Å². The van der Waals surface area contributed by atoms with E-state index < -0.39 is 0 Å². The maximum atomic E-state index is 12.9. The highest BCUT2D eigenvalue weighted by atomic mass is 79.9. The van der Waals surface area contributed by atoms with Gasteiger partial charge >= 0.3 is 0 Å². The van der Waals surface area contributed by atoms with Crippen molar-refractivity contribution in [3.05, 3.63) is 29.6 Å². The molecule has 0 saturated carbocycles. The number of nitrogen functional groups attached to an aromatic ring is 1. The summed E-state index contributed by atoms with van der Waals surface area (Å²) >= 11 is 0. The Morgan fingerprint density at radius 1 is 1.50 bits per heavy atom. The smallest absolute Gasteiger partial charge is 0.129 e. The van der Waals surface area contributed by atoms with E-state index in [0.717, 1.165) is 0 Å². The molecule has 0 unspecified atom stereocenters. The lowest BCUT2D eigenvalue weighted by Gasteiger charge is -2.04. The Labute approximate surface area is 81.7 Å². The first kappa shape index (κ1) is 11.4. The second kappa shape index (κ2) is 5.11. The number of halogens is 2. The Bertz CT molecular complexity index is 233. The number of nitrogens with one attached hydrogen (secondary N) is 1. The number of hydrogen-bond acceptors (Lipinski definition) is 2. The van der Waals surface area contributed by atoms with Crippen molar-refractivity contribution < 1.29 is 4.39 Å². The van der Waals surface area contributed by atoms with Crippen LogP contribution in [-0.4, -0.2) is 7.05 Å². The van der Waals surface area contributed by atoms with Gasteiger partial charge < -0.3 is 11.1 Å². The molecule has 1 aromatic carbocycles. The molecule has 4 heteroatoms. The molecule has 12 heavy (non-hydrogen) atoms. The van der Waals surface area contributed by atoms with E-state index in [2.05, 4.69) is 5.32 Å². The second-order valence-electron chi connectivity index (χ2n) is 2.34. The summed E-state index contributed by atoms with van der Waals surface area (Å²) in [4.78, 5) is 0. The minimum atomic E-state index is -0.251. The summed E-state index contributed by atoms with van der Waals surface area (Å²) in [6.45, 7) is 0.471. The fraction of sp³-hybridized carbons (Fsp3) is 0.250. The van der Waals surface area contributed by atoms with Crippen LogP contribution >= 0.6 is 17.0 Å². The lowest BCUT2D eigenvalue weighted by Crippen LogP contribution is -2.09. The molecule has 68 valence electrons. The van der Waals surface area contributed by atoms with E-state index >= 15 is 0 Å². The summed E-state index contributed by atoms with van der Waals surface area (Å²) in [5.41, 5.74) is 6.56. The number of anilines is 1. The Morgan fingerprint density at radius 3 is 2.67 bits per heavy atom. The van der Waals surface area contributed by atoms with E-state index in [1.165, 1.54) is 6.07 Å². The molecule has 0 atom stereocenters. The van der Waals surface area contributed by atoms with Crippen molar-refractivity contribution in [1.82, 2.24) is 5.32 Å². The van der Waals surface area contributed by atoms with Gasteiger partial charge in [-0.05, 0) is 19.2 Å². The normalized spacial score (nSPS) is 9.17. The Hall–Kier alpha value is -0.610. The fourth-order valence-corrected chi connectivity index (χ4v) is 0.939. The molecular weight excluding hydrogens is 223 g/mol. The van der Waals surface area contributed by atoms with Crippen LogP contribution in [0.2, 0.25) is 0 Å². The molecule has 1 aromatic rings. The van der Waals surface area contributed by atoms with Gasteiger partial charge in [-0.2, -0.15) is 0 Å². The number of benzene rings is 1. The van der Waals surface area contributed by atoms with Gasteiger partial charge in [-0.15, -0.1) is 17.0 Å². The minimum absolute atomic E-state index is 0. The van der Waals surface area contributed by atoms with Crippen LogP contribution in [0.5, 0.6) is 0 Å². The van der Waals surface area contributed by atoms with E-state index in [9.17, 15) is 4.39 Å². The quantitative estimate of drug-likeness (QED) is 0.765. The van der Waals surface area contributed by atoms with Gasteiger partial charge in [0.05, 0.1) is 0 Å². The zero-order valence-electron chi connectivity index (χ0n) is 6.80. The van der Waals surface area contributed by atoms with Gasteiger partial charge in [0.25, 0.3) is 0 Å². The Kier molecular flexibility index (Phi) is 4.85. The molecule has 0 aromatic heterocycles. The third-order valence-electron chi connectivity index (χ3n) is 1.51. The number of nitrogens with two attached hydrogens (primary N) is 1. The minimum Gasteiger partial charge on any atom is -0.398 e. The van der Waals surface area contributed by atoms with E-state index in [4.69, 9.17) is 5.73 Å². The Morgan fingerprint density at radius 2 is 2.17 bits per heavy atom. The molecule has 3 N–H and O–H groups in total. The highest BCUT2D eigenvalue weighted by Crippen LogP contribution is 2.14. The van der Waals surface area contributed by atoms with Crippen LogP contribution in [0.3, 0.4) is 0 Å². The van der Waals surface area contributed by atoms with Crippen molar-refractivity contribution >= 4 is 22.7 Å². The largest absolute Gasteiger partial charge is 0.398 e. The van der Waals surface area contributed by atoms with Crippen molar-refractivity contribution in [3.8, 4) is 0 Å². The van der Waals surface area contributed by atoms with E-state index in [1.807, 2.05) is 0 Å². The average molecular weight is 235 g/mol. The lowest BCUT2D eigenvalue weighted by molar-refractivity contribution is 0.602. The monoisotopic (exact) mass is 234 g/mol. The topological polar surface area (TPSA) is 38.0 Å². The number of hydrogen-bond donors (Lipinski definition) is 2. The van der Waals surface area contributed by atoms with Gasteiger partial charge in [0.15, 0.2) is 0 Å². The zero-order chi connectivity index (χ0) is 8.27. The van der Waals surface area contributed by atoms with Crippen LogP contribution < -0.4 is 11.1 Å². The second-order valence-corrected chi connectivity index (χ2v) is 2.34. The summed E-state index contributed by atoms with van der Waals surface area (Å²) in [7, 11) is 1.76. The molecule has 0 aliphatic heterocycles. The van der Waals surface area contributed by atoms with Crippen LogP contribution in [0.1, 0.15) is 5.56 Å². The number of rotatable bonds is 2. The summed E-state index contributed by atoms with van der Waals surface area (Å²) in [5.74, 6) is -0.251. The molecule has 0 spiro atoms. The summed E-state index contributed by atoms with van der Waals surface area (Å²) in [5, 5.41) is 2.85. The van der Waals surface area contributed by atoms with Gasteiger partial charge in [-0.25, -0.2) is 4.39 Å². The van der Waals surface area contributed by atoms with Gasteiger partial charge in [-0.1, -0.05) is 6.07 Å². The lowest BCUT2D eigenvalue weighted by atomic mass is 10.1. The average Bonchev–Trinajstić information content (AvgIpc) is 1.97. The highest BCUT2D eigenvalue weighted by molar-refractivity contribution is 8.93. The predicted molar refractivity (Wildman–Crippen MR) is 53.9 cm³/mol. The molecule has 0 heterocycles. The SMILES string of the molecule is Br.CNCc1c(N)cccc1F. The summed E-state index contributed by atoms with van der Waals surface area (Å²) in [6, 6.07) is 4.70. The molecule has 0 bridgehead atoms. The predicted octanol–water partition coefficient (Wildman–Crippen LogP) is 1.71. The van der Waals surface area contributed by atoms with Crippen molar-refractivity contribution in [2.24, 2.45) is 0 Å². The van der Waals surface area contributed by atoms with Gasteiger partial charge in [0, 0.05) is 17.8 Å². The maximum absolute atomic E-state index is 12.9. The first-order valence-electron chi connectivity index (χ1n) is 3.43. The van der Waals surface area contributed by atoms with Gasteiger partial charge in [0.1, 0.15) is 5.82 Å². The van der Waals surface area contributed by atoms with Crippen molar-refractivity contribution in [3.63, 3.8) is 0 Å². The van der Waals surface area contributed by atoms with Crippen molar-refractivity contribution in [2.45, 2.75) is 6.54 Å². The van der Waals surface area contributed by atoms with Crippen molar-refractivity contribution in [1.29, 1.82) is 0 Å². The zero-order valence-corrected chi connectivity index (χ0v) is 8.52. The Balaban J connectivity index is 0.00000121.